The topological polar surface area (TPSA) is 77.2 Å². The van der Waals surface area contributed by atoms with Crippen LogP contribution in [0.15, 0.2) is 51.0 Å². The van der Waals surface area contributed by atoms with Crippen molar-refractivity contribution in [3.63, 3.8) is 0 Å². The molecule has 3 rings (SSSR count). The van der Waals surface area contributed by atoms with Gasteiger partial charge in [0.2, 0.25) is 5.91 Å². The van der Waals surface area contributed by atoms with E-state index in [0.29, 0.717) is 15.9 Å². The molecule has 0 saturated heterocycles. The molecule has 0 fully saturated rings. The predicted molar refractivity (Wildman–Crippen MR) is 108 cm³/mol. The number of pyridine rings is 1. The van der Waals surface area contributed by atoms with Gasteiger partial charge in [0.15, 0.2) is 0 Å². The van der Waals surface area contributed by atoms with Gasteiger partial charge in [-0.25, -0.2) is 9.78 Å². The Morgan fingerprint density at radius 3 is 2.48 bits per heavy atom. The highest BCUT2D eigenvalue weighted by atomic mass is 32.2. The van der Waals surface area contributed by atoms with E-state index in [-0.39, 0.29) is 11.7 Å². The second kappa shape index (κ2) is 7.40. The van der Waals surface area contributed by atoms with Crippen LogP contribution in [0.3, 0.4) is 0 Å². The highest BCUT2D eigenvalue weighted by Gasteiger charge is 2.18. The van der Waals surface area contributed by atoms with E-state index in [2.05, 4.69) is 4.98 Å². The first-order valence-corrected chi connectivity index (χ1v) is 9.31. The van der Waals surface area contributed by atoms with Crippen molar-refractivity contribution in [2.24, 2.45) is 14.1 Å². The van der Waals surface area contributed by atoms with Gasteiger partial charge in [-0.1, -0.05) is 18.2 Å². The molecule has 0 aliphatic heterocycles. The van der Waals surface area contributed by atoms with E-state index in [1.54, 1.807) is 25.2 Å². The smallest absolute Gasteiger partial charge is 0.315 e. The normalized spacial score (nSPS) is 11.0. The summed E-state index contributed by atoms with van der Waals surface area (Å²) in [4.78, 5) is 43.9. The third kappa shape index (κ3) is 3.40. The Kier molecular flexibility index (Phi) is 5.18. The number of para-hydroxylation sites is 1. The minimum absolute atomic E-state index is 0.0859. The highest BCUT2D eigenvalue weighted by molar-refractivity contribution is 8.00. The summed E-state index contributed by atoms with van der Waals surface area (Å²) in [6, 6.07) is 9.36. The molecule has 140 valence electrons. The van der Waals surface area contributed by atoms with Crippen molar-refractivity contribution in [2.45, 2.75) is 11.8 Å². The molecule has 1 aromatic carbocycles. The van der Waals surface area contributed by atoms with Crippen LogP contribution in [0.5, 0.6) is 0 Å². The quantitative estimate of drug-likeness (QED) is 0.640. The summed E-state index contributed by atoms with van der Waals surface area (Å²) in [5, 5.41) is 0.361. The first-order valence-electron chi connectivity index (χ1n) is 8.32. The van der Waals surface area contributed by atoms with Gasteiger partial charge in [-0.05, 0) is 24.6 Å². The molecule has 2 aromatic heterocycles. The maximum atomic E-state index is 12.7. The van der Waals surface area contributed by atoms with Gasteiger partial charge in [-0.3, -0.25) is 18.7 Å². The number of anilines is 1. The van der Waals surface area contributed by atoms with Crippen molar-refractivity contribution in [3.05, 3.63) is 62.9 Å². The number of carbonyl (C=O) groups is 1. The lowest BCUT2D eigenvalue weighted by Gasteiger charge is -2.18. The monoisotopic (exact) mass is 384 g/mol. The van der Waals surface area contributed by atoms with Gasteiger partial charge in [0.1, 0.15) is 5.65 Å². The Balaban J connectivity index is 1.98. The highest BCUT2D eigenvalue weighted by Crippen LogP contribution is 2.28. The number of rotatable bonds is 4. The number of aryl methyl sites for hydroxylation is 2. The van der Waals surface area contributed by atoms with Gasteiger partial charge in [0, 0.05) is 37.9 Å². The van der Waals surface area contributed by atoms with Gasteiger partial charge in [0.05, 0.1) is 11.1 Å². The minimum Gasteiger partial charge on any atom is -0.315 e. The zero-order valence-corrected chi connectivity index (χ0v) is 16.4. The number of fused-ring (bicyclic) bond motifs is 1. The van der Waals surface area contributed by atoms with Crippen LogP contribution in [0.25, 0.3) is 11.0 Å². The lowest BCUT2D eigenvalue weighted by molar-refractivity contribution is -0.115. The van der Waals surface area contributed by atoms with E-state index in [9.17, 15) is 14.4 Å². The zero-order chi connectivity index (χ0) is 19.7. The lowest BCUT2D eigenvalue weighted by Crippen LogP contribution is -2.37. The van der Waals surface area contributed by atoms with E-state index >= 15 is 0 Å². The first-order chi connectivity index (χ1) is 12.8. The summed E-state index contributed by atoms with van der Waals surface area (Å²) in [7, 11) is 4.74. The number of hydrogen-bond acceptors (Lipinski definition) is 5. The Morgan fingerprint density at radius 1 is 1.15 bits per heavy atom. The molecule has 0 atom stereocenters. The van der Waals surface area contributed by atoms with E-state index in [1.807, 2.05) is 37.3 Å². The van der Waals surface area contributed by atoms with Crippen LogP contribution in [0.4, 0.5) is 5.69 Å². The molecule has 8 heteroatoms. The number of aromatic nitrogens is 3. The molecule has 0 unspecified atom stereocenters. The molecular weight excluding hydrogens is 364 g/mol. The minimum atomic E-state index is -0.431. The lowest BCUT2D eigenvalue weighted by atomic mass is 10.2. The predicted octanol–water partition coefficient (Wildman–Crippen LogP) is 1.70. The standard InChI is InChI=1S/C19H20N4O3S/c1-12-10-20-17-15(18(25)23(4)19(26)22(17)3)16(12)27-11-14(24)21(2)13-8-6-5-7-9-13/h5-10H,11H2,1-4H3. The average Bonchev–Trinajstić information content (AvgIpc) is 2.69. The Labute approximate surface area is 160 Å². The van der Waals surface area contributed by atoms with Crippen LogP contribution in [0, 0.1) is 6.92 Å². The van der Waals surface area contributed by atoms with Crippen molar-refractivity contribution in [3.8, 4) is 0 Å². The molecule has 2 heterocycles. The van der Waals surface area contributed by atoms with Gasteiger partial charge in [-0.2, -0.15) is 0 Å². The fourth-order valence-corrected chi connectivity index (χ4v) is 3.87. The molecule has 27 heavy (non-hydrogen) atoms. The summed E-state index contributed by atoms with van der Waals surface area (Å²) < 4.78 is 2.41. The van der Waals surface area contributed by atoms with Gasteiger partial charge >= 0.3 is 5.69 Å². The number of carbonyl (C=O) groups excluding carboxylic acids is 1. The SMILES string of the molecule is Cc1cnc2c(c1SCC(=O)N(C)c1ccccc1)c(=O)n(C)c(=O)n2C. The van der Waals surface area contributed by atoms with Crippen LogP contribution < -0.4 is 16.1 Å². The third-order valence-corrected chi connectivity index (χ3v) is 5.66. The summed E-state index contributed by atoms with van der Waals surface area (Å²) in [5.74, 6) is 0.0781. The molecular formula is C19H20N4O3S. The molecule has 0 spiro atoms. The van der Waals surface area contributed by atoms with Crippen molar-refractivity contribution in [1.29, 1.82) is 0 Å². The first kappa shape index (κ1) is 18.9. The Bertz CT molecular complexity index is 1140. The molecule has 7 nitrogen and oxygen atoms in total. The Hall–Kier alpha value is -2.87. The van der Waals surface area contributed by atoms with E-state index in [4.69, 9.17) is 0 Å². The second-order valence-electron chi connectivity index (χ2n) is 6.25. The van der Waals surface area contributed by atoms with E-state index < -0.39 is 11.2 Å². The van der Waals surface area contributed by atoms with Gasteiger partial charge < -0.3 is 4.90 Å². The number of thioether (sulfide) groups is 1. The summed E-state index contributed by atoms with van der Waals surface area (Å²) >= 11 is 1.29. The fraction of sp³-hybridized carbons (Fsp3) is 0.263. The molecule has 1 amide bonds. The van der Waals surface area contributed by atoms with Crippen LogP contribution in [-0.4, -0.2) is 32.8 Å². The molecule has 3 aromatic rings. The third-order valence-electron chi connectivity index (χ3n) is 4.46. The number of nitrogens with zero attached hydrogens (tertiary/aromatic N) is 4. The van der Waals surface area contributed by atoms with E-state index in [0.717, 1.165) is 15.8 Å². The Morgan fingerprint density at radius 2 is 1.81 bits per heavy atom. The second-order valence-corrected chi connectivity index (χ2v) is 7.24. The van der Waals surface area contributed by atoms with Crippen LogP contribution in [-0.2, 0) is 18.9 Å². The van der Waals surface area contributed by atoms with Crippen LogP contribution in [0.1, 0.15) is 5.56 Å². The maximum absolute atomic E-state index is 12.7. The molecule has 0 N–H and O–H groups in total. The van der Waals surface area contributed by atoms with Crippen LogP contribution in [0.2, 0.25) is 0 Å². The van der Waals surface area contributed by atoms with Crippen molar-refractivity contribution in [1.82, 2.24) is 14.1 Å². The summed E-state index contributed by atoms with van der Waals surface area (Å²) in [5.41, 5.74) is 1.08. The number of benzene rings is 1. The molecule has 0 aliphatic carbocycles. The summed E-state index contributed by atoms with van der Waals surface area (Å²) in [6.07, 6.45) is 1.62. The van der Waals surface area contributed by atoms with Crippen molar-refractivity contribution in [2.75, 3.05) is 17.7 Å². The van der Waals surface area contributed by atoms with Crippen molar-refractivity contribution >= 4 is 34.4 Å². The van der Waals surface area contributed by atoms with E-state index in [1.165, 1.54) is 23.4 Å². The fourth-order valence-electron chi connectivity index (χ4n) is 2.81. The summed E-state index contributed by atoms with van der Waals surface area (Å²) in [6.45, 7) is 1.84. The number of hydrogen-bond donors (Lipinski definition) is 0. The molecule has 0 bridgehead atoms. The average molecular weight is 384 g/mol. The van der Waals surface area contributed by atoms with Gasteiger partial charge in [0.25, 0.3) is 5.56 Å². The maximum Gasteiger partial charge on any atom is 0.332 e. The number of amides is 1. The van der Waals surface area contributed by atoms with Crippen molar-refractivity contribution < 1.29 is 4.79 Å². The molecule has 0 saturated carbocycles. The molecule has 0 aliphatic rings. The molecule has 0 radical (unpaired) electrons. The zero-order valence-electron chi connectivity index (χ0n) is 15.6. The van der Waals surface area contributed by atoms with Gasteiger partial charge in [-0.15, -0.1) is 11.8 Å². The van der Waals surface area contributed by atoms with Crippen LogP contribution >= 0.6 is 11.8 Å². The largest absolute Gasteiger partial charge is 0.332 e.